The zero-order chi connectivity index (χ0) is 18.5. The van der Waals surface area contributed by atoms with E-state index in [4.69, 9.17) is 9.98 Å². The number of allylic oxidation sites excluding steroid dienone is 5. The first-order valence-corrected chi connectivity index (χ1v) is 9.31. The third kappa shape index (κ3) is 3.65. The zero-order valence-electron chi connectivity index (χ0n) is 15.3. The Bertz CT molecular complexity index is 1040. The summed E-state index contributed by atoms with van der Waals surface area (Å²) < 4.78 is 0. The maximum absolute atomic E-state index is 4.71. The van der Waals surface area contributed by atoms with Gasteiger partial charge in [-0.1, -0.05) is 79.4 Å². The van der Waals surface area contributed by atoms with Crippen LogP contribution >= 0.6 is 0 Å². The van der Waals surface area contributed by atoms with Gasteiger partial charge in [0.2, 0.25) is 0 Å². The van der Waals surface area contributed by atoms with Crippen molar-refractivity contribution in [1.82, 2.24) is 4.98 Å². The van der Waals surface area contributed by atoms with Crippen LogP contribution in [-0.2, 0) is 6.42 Å². The lowest BCUT2D eigenvalue weighted by molar-refractivity contribution is 0.654. The number of hydrogen-bond acceptors (Lipinski definition) is 2. The van der Waals surface area contributed by atoms with E-state index in [0.717, 1.165) is 29.4 Å². The summed E-state index contributed by atoms with van der Waals surface area (Å²) in [5.41, 5.74) is 5.50. The predicted octanol–water partition coefficient (Wildman–Crippen LogP) is 6.46. The van der Waals surface area contributed by atoms with Crippen LogP contribution in [0.15, 0.2) is 96.7 Å². The molecule has 0 fully saturated rings. The van der Waals surface area contributed by atoms with Gasteiger partial charge in [0.15, 0.2) is 0 Å². The average molecular weight is 350 g/mol. The highest BCUT2D eigenvalue weighted by Crippen LogP contribution is 2.36. The summed E-state index contributed by atoms with van der Waals surface area (Å²) in [4.78, 5) is 9.40. The first-order chi connectivity index (χ1) is 13.4. The minimum Gasteiger partial charge on any atom is -0.254 e. The molecule has 0 saturated heterocycles. The molecule has 3 aromatic rings. The van der Waals surface area contributed by atoms with Crippen LogP contribution in [-0.4, -0.2) is 11.2 Å². The van der Waals surface area contributed by atoms with Gasteiger partial charge in [-0.05, 0) is 41.5 Å². The van der Waals surface area contributed by atoms with Crippen molar-refractivity contribution in [3.8, 4) is 11.1 Å². The third-order valence-electron chi connectivity index (χ3n) is 4.92. The van der Waals surface area contributed by atoms with Gasteiger partial charge in [-0.3, -0.25) is 9.98 Å². The Labute approximate surface area is 160 Å². The van der Waals surface area contributed by atoms with E-state index in [0.29, 0.717) is 5.92 Å². The fraction of sp³-hybridized carbons (Fsp3) is 0.120. The first-order valence-electron chi connectivity index (χ1n) is 9.31. The summed E-state index contributed by atoms with van der Waals surface area (Å²) in [6.45, 7) is 3.78. The summed E-state index contributed by atoms with van der Waals surface area (Å²) >= 11 is 0. The molecule has 2 aromatic carbocycles. The van der Waals surface area contributed by atoms with E-state index in [2.05, 4.69) is 73.3 Å². The second-order valence-electron chi connectivity index (χ2n) is 6.72. The highest BCUT2D eigenvalue weighted by atomic mass is 14.8. The molecule has 132 valence electrons. The molecule has 2 heteroatoms. The Morgan fingerprint density at radius 1 is 1.07 bits per heavy atom. The van der Waals surface area contributed by atoms with E-state index in [1.165, 1.54) is 16.7 Å². The smallest absolute Gasteiger partial charge is 0.0967 e. The second kappa shape index (κ2) is 7.96. The standard InChI is InChI=1S/C25H22N2/c1-2-16-26-24-21(18-19-9-5-3-6-10-19)13-14-23-22(15-17-27-25(23)24)20-11-7-4-8-12-20/h2-9,11-17,19H,1,10,18H2/b26-16-. The molecule has 27 heavy (non-hydrogen) atoms. The molecular weight excluding hydrogens is 328 g/mol. The number of pyridine rings is 1. The zero-order valence-corrected chi connectivity index (χ0v) is 15.3. The summed E-state index contributed by atoms with van der Waals surface area (Å²) in [5.74, 6) is 0.502. The molecule has 0 saturated carbocycles. The van der Waals surface area contributed by atoms with Gasteiger partial charge in [-0.15, -0.1) is 0 Å². The van der Waals surface area contributed by atoms with Crippen LogP contribution in [0.3, 0.4) is 0 Å². The van der Waals surface area contributed by atoms with Crippen molar-refractivity contribution < 1.29 is 0 Å². The maximum atomic E-state index is 4.71. The van der Waals surface area contributed by atoms with E-state index in [-0.39, 0.29) is 0 Å². The number of aromatic nitrogens is 1. The molecule has 4 rings (SSSR count). The lowest BCUT2D eigenvalue weighted by atomic mass is 9.91. The molecular formula is C25H22N2. The molecule has 0 amide bonds. The maximum Gasteiger partial charge on any atom is 0.0967 e. The number of fused-ring (bicyclic) bond motifs is 1. The van der Waals surface area contributed by atoms with Crippen molar-refractivity contribution in [2.24, 2.45) is 10.9 Å². The van der Waals surface area contributed by atoms with Gasteiger partial charge in [-0.25, -0.2) is 0 Å². The summed E-state index contributed by atoms with van der Waals surface area (Å²) in [6, 6.07) is 16.9. The molecule has 1 heterocycles. The van der Waals surface area contributed by atoms with Crippen molar-refractivity contribution in [3.63, 3.8) is 0 Å². The van der Waals surface area contributed by atoms with Crippen LogP contribution in [0.1, 0.15) is 12.0 Å². The van der Waals surface area contributed by atoms with E-state index >= 15 is 0 Å². The highest BCUT2D eigenvalue weighted by Gasteiger charge is 2.15. The lowest BCUT2D eigenvalue weighted by Gasteiger charge is -2.16. The van der Waals surface area contributed by atoms with Gasteiger partial charge in [-0.2, -0.15) is 0 Å². The Morgan fingerprint density at radius 2 is 1.96 bits per heavy atom. The quantitative estimate of drug-likeness (QED) is 0.484. The van der Waals surface area contributed by atoms with Crippen molar-refractivity contribution in [2.75, 3.05) is 0 Å². The Morgan fingerprint density at radius 3 is 2.74 bits per heavy atom. The first kappa shape index (κ1) is 17.2. The summed E-state index contributed by atoms with van der Waals surface area (Å²) in [6.07, 6.45) is 16.1. The third-order valence-corrected chi connectivity index (χ3v) is 4.92. The fourth-order valence-corrected chi connectivity index (χ4v) is 3.62. The number of aliphatic imine (C=N–C) groups is 1. The molecule has 1 aliphatic carbocycles. The van der Waals surface area contributed by atoms with Gasteiger partial charge in [0.05, 0.1) is 11.2 Å². The largest absolute Gasteiger partial charge is 0.254 e. The van der Waals surface area contributed by atoms with Crippen LogP contribution in [0.5, 0.6) is 0 Å². The van der Waals surface area contributed by atoms with E-state index in [1.807, 2.05) is 12.3 Å². The molecule has 1 aliphatic rings. The Balaban J connectivity index is 1.85. The molecule has 1 unspecified atom stereocenters. The van der Waals surface area contributed by atoms with E-state index < -0.39 is 0 Å². The number of nitrogens with zero attached hydrogens (tertiary/aromatic N) is 2. The van der Waals surface area contributed by atoms with Gasteiger partial charge in [0.1, 0.15) is 0 Å². The van der Waals surface area contributed by atoms with Crippen molar-refractivity contribution in [1.29, 1.82) is 0 Å². The van der Waals surface area contributed by atoms with Crippen LogP contribution in [0, 0.1) is 5.92 Å². The predicted molar refractivity (Wildman–Crippen MR) is 116 cm³/mol. The fourth-order valence-electron chi connectivity index (χ4n) is 3.62. The molecule has 2 nitrogen and oxygen atoms in total. The average Bonchev–Trinajstić information content (AvgIpc) is 2.74. The van der Waals surface area contributed by atoms with Crippen LogP contribution in [0.25, 0.3) is 22.0 Å². The van der Waals surface area contributed by atoms with Gasteiger partial charge >= 0.3 is 0 Å². The monoisotopic (exact) mass is 350 g/mol. The SMILES string of the molecule is C=C/C=N\c1c(CC2C=CC=CC2)ccc2c(-c3ccccc3)ccnc12. The Hall–Kier alpha value is -3.26. The molecule has 0 aliphatic heterocycles. The number of hydrogen-bond donors (Lipinski definition) is 0. The Kier molecular flexibility index (Phi) is 5.06. The molecule has 0 radical (unpaired) electrons. The van der Waals surface area contributed by atoms with Gasteiger partial charge < -0.3 is 0 Å². The molecule has 1 atom stereocenters. The molecule has 0 N–H and O–H groups in total. The van der Waals surface area contributed by atoms with Crippen LogP contribution in [0.2, 0.25) is 0 Å². The number of rotatable bonds is 5. The topological polar surface area (TPSA) is 25.2 Å². The van der Waals surface area contributed by atoms with E-state index in [9.17, 15) is 0 Å². The summed E-state index contributed by atoms with van der Waals surface area (Å²) in [5, 5.41) is 1.13. The van der Waals surface area contributed by atoms with Crippen molar-refractivity contribution >= 4 is 22.8 Å². The van der Waals surface area contributed by atoms with Crippen LogP contribution < -0.4 is 0 Å². The normalized spacial score (nSPS) is 16.2. The van der Waals surface area contributed by atoms with Crippen LogP contribution in [0.4, 0.5) is 5.69 Å². The van der Waals surface area contributed by atoms with Gasteiger partial charge in [0, 0.05) is 17.8 Å². The van der Waals surface area contributed by atoms with E-state index in [1.54, 1.807) is 12.3 Å². The van der Waals surface area contributed by atoms with Gasteiger partial charge in [0.25, 0.3) is 0 Å². The van der Waals surface area contributed by atoms with Crippen molar-refractivity contribution in [3.05, 3.63) is 97.3 Å². The highest BCUT2D eigenvalue weighted by molar-refractivity contribution is 6.01. The molecule has 0 spiro atoms. The molecule has 1 aromatic heterocycles. The second-order valence-corrected chi connectivity index (χ2v) is 6.72. The minimum absolute atomic E-state index is 0.502. The van der Waals surface area contributed by atoms with Crippen molar-refractivity contribution in [2.45, 2.75) is 12.8 Å². The summed E-state index contributed by atoms with van der Waals surface area (Å²) in [7, 11) is 0. The number of benzene rings is 2. The minimum atomic E-state index is 0.502. The molecule has 0 bridgehead atoms. The lowest BCUT2D eigenvalue weighted by Crippen LogP contribution is -2.03.